The summed E-state index contributed by atoms with van der Waals surface area (Å²) in [4.78, 5) is 3.60. The van der Waals surface area contributed by atoms with Crippen LogP contribution in [0.1, 0.15) is 11.5 Å². The van der Waals surface area contributed by atoms with Crippen molar-refractivity contribution in [3.8, 4) is 0 Å². The van der Waals surface area contributed by atoms with Crippen molar-refractivity contribution in [2.24, 2.45) is 0 Å². The van der Waals surface area contributed by atoms with Gasteiger partial charge in [-0.05, 0) is 35.9 Å². The van der Waals surface area contributed by atoms with Crippen molar-refractivity contribution in [1.29, 1.82) is 0 Å². The largest absolute Gasteiger partial charge is 0.374 e. The third-order valence-electron chi connectivity index (χ3n) is 3.56. The summed E-state index contributed by atoms with van der Waals surface area (Å²) >= 11 is 1.93. The van der Waals surface area contributed by atoms with Crippen LogP contribution in [0.5, 0.6) is 0 Å². The van der Waals surface area contributed by atoms with Crippen LogP contribution in [0.2, 0.25) is 0 Å². The van der Waals surface area contributed by atoms with Gasteiger partial charge in [0.1, 0.15) is 5.82 Å². The van der Waals surface area contributed by atoms with E-state index in [1.165, 1.54) is 22.6 Å². The summed E-state index contributed by atoms with van der Waals surface area (Å²) in [5.41, 5.74) is 2.51. The Morgan fingerprint density at radius 3 is 2.68 bits per heavy atom. The molecule has 0 amide bonds. The number of benzene rings is 2. The first kappa shape index (κ1) is 12.5. The number of nitrogens with zero attached hydrogens (tertiary/aromatic N) is 1. The molecule has 1 heterocycles. The number of hydrogen-bond donors (Lipinski definition) is 0. The molecule has 0 radical (unpaired) electrons. The van der Waals surface area contributed by atoms with Crippen molar-refractivity contribution in [3.63, 3.8) is 0 Å². The van der Waals surface area contributed by atoms with Gasteiger partial charge in [0.15, 0.2) is 0 Å². The first-order valence-electron chi connectivity index (χ1n) is 6.42. The molecule has 1 nitrogen and oxygen atoms in total. The van der Waals surface area contributed by atoms with Crippen LogP contribution < -0.4 is 4.90 Å². The van der Waals surface area contributed by atoms with Crippen LogP contribution >= 0.6 is 11.8 Å². The molecule has 2 aromatic rings. The maximum Gasteiger partial charge on any atom is 0.123 e. The van der Waals surface area contributed by atoms with Crippen LogP contribution in [-0.4, -0.2) is 19.3 Å². The summed E-state index contributed by atoms with van der Waals surface area (Å²) in [7, 11) is 2.07. The molecule has 1 aliphatic rings. The van der Waals surface area contributed by atoms with Gasteiger partial charge in [0.25, 0.3) is 0 Å². The van der Waals surface area contributed by atoms with E-state index in [9.17, 15) is 4.39 Å². The van der Waals surface area contributed by atoms with Gasteiger partial charge < -0.3 is 4.90 Å². The van der Waals surface area contributed by atoms with Gasteiger partial charge in [-0.2, -0.15) is 0 Å². The van der Waals surface area contributed by atoms with Gasteiger partial charge in [-0.15, -0.1) is 11.8 Å². The van der Waals surface area contributed by atoms with Gasteiger partial charge in [-0.25, -0.2) is 4.39 Å². The molecule has 0 bridgehead atoms. The second-order valence-corrected chi connectivity index (χ2v) is 5.96. The lowest BCUT2D eigenvalue weighted by atomic mass is 10.0. The zero-order valence-corrected chi connectivity index (χ0v) is 11.7. The van der Waals surface area contributed by atoms with Gasteiger partial charge in [0.05, 0.1) is 0 Å². The lowest BCUT2D eigenvalue weighted by Gasteiger charge is -2.23. The number of thioether (sulfide) groups is 1. The van der Waals surface area contributed by atoms with Crippen LogP contribution in [0.4, 0.5) is 10.1 Å². The topological polar surface area (TPSA) is 3.24 Å². The van der Waals surface area contributed by atoms with Crippen molar-refractivity contribution in [2.45, 2.75) is 10.8 Å². The first-order chi connectivity index (χ1) is 9.24. The number of anilines is 1. The molecule has 0 N–H and O–H groups in total. The summed E-state index contributed by atoms with van der Waals surface area (Å²) in [6.07, 6.45) is 0. The van der Waals surface area contributed by atoms with E-state index >= 15 is 0 Å². The molecule has 0 aromatic heterocycles. The number of likely N-dealkylation sites (N-methyl/N-ethyl adjacent to an activating group) is 1. The predicted octanol–water partition coefficient (Wildman–Crippen LogP) is 4.15. The average Bonchev–Trinajstić information content (AvgIpc) is 2.83. The van der Waals surface area contributed by atoms with Crippen LogP contribution in [0.3, 0.4) is 0 Å². The fraction of sp³-hybridized carbons (Fsp3) is 0.250. The van der Waals surface area contributed by atoms with Gasteiger partial charge in [-0.1, -0.05) is 18.2 Å². The van der Waals surface area contributed by atoms with Crippen molar-refractivity contribution < 1.29 is 4.39 Å². The molecule has 0 aliphatic carbocycles. The molecule has 98 valence electrons. The first-order valence-corrected chi connectivity index (χ1v) is 7.41. The monoisotopic (exact) mass is 273 g/mol. The smallest absolute Gasteiger partial charge is 0.123 e. The standard InChI is InChI=1S/C16H16FNS/c1-18(14-8-6-13(17)7-9-14)10-12-11-19-16-5-3-2-4-15(12)16/h2-9,12H,10-11H2,1H3. The van der Waals surface area contributed by atoms with E-state index in [1.54, 1.807) is 0 Å². The lowest BCUT2D eigenvalue weighted by Crippen LogP contribution is -2.24. The van der Waals surface area contributed by atoms with E-state index in [2.05, 4.69) is 36.2 Å². The highest BCUT2D eigenvalue weighted by atomic mass is 32.2. The summed E-state index contributed by atoms with van der Waals surface area (Å²) in [6, 6.07) is 15.3. The molecule has 3 rings (SSSR count). The van der Waals surface area contributed by atoms with E-state index in [0.717, 1.165) is 18.0 Å². The molecule has 1 aliphatic heterocycles. The molecule has 0 saturated heterocycles. The van der Waals surface area contributed by atoms with Crippen LogP contribution in [0.15, 0.2) is 53.4 Å². The number of hydrogen-bond acceptors (Lipinski definition) is 2. The maximum absolute atomic E-state index is 12.9. The van der Waals surface area contributed by atoms with Gasteiger partial charge in [-0.3, -0.25) is 0 Å². The molecule has 3 heteroatoms. The van der Waals surface area contributed by atoms with E-state index in [0.29, 0.717) is 5.92 Å². The highest BCUT2D eigenvalue weighted by Crippen LogP contribution is 2.39. The second-order valence-electron chi connectivity index (χ2n) is 4.90. The van der Waals surface area contributed by atoms with Crippen LogP contribution in [0, 0.1) is 5.82 Å². The Bertz CT molecular complexity index is 567. The Morgan fingerprint density at radius 2 is 1.89 bits per heavy atom. The van der Waals surface area contributed by atoms with Crippen LogP contribution in [-0.2, 0) is 0 Å². The Hall–Kier alpha value is -1.48. The van der Waals surface area contributed by atoms with Crippen LogP contribution in [0.25, 0.3) is 0 Å². The molecule has 1 unspecified atom stereocenters. The summed E-state index contributed by atoms with van der Waals surface area (Å²) in [5.74, 6) is 1.50. The van der Waals surface area contributed by atoms with E-state index in [1.807, 2.05) is 23.9 Å². The van der Waals surface area contributed by atoms with Crippen molar-refractivity contribution in [2.75, 3.05) is 24.2 Å². The van der Waals surface area contributed by atoms with Crippen molar-refractivity contribution >= 4 is 17.4 Å². The summed E-state index contributed by atoms with van der Waals surface area (Å²) in [5, 5.41) is 0. The minimum atomic E-state index is -0.182. The molecular weight excluding hydrogens is 257 g/mol. The molecule has 1 atom stereocenters. The zero-order chi connectivity index (χ0) is 13.2. The SMILES string of the molecule is CN(CC1CSc2ccccc21)c1ccc(F)cc1. The molecular formula is C16H16FNS. The van der Waals surface area contributed by atoms with Gasteiger partial charge in [0.2, 0.25) is 0 Å². The average molecular weight is 273 g/mol. The summed E-state index contributed by atoms with van der Waals surface area (Å²) < 4.78 is 12.9. The predicted molar refractivity (Wildman–Crippen MR) is 79.6 cm³/mol. The quantitative estimate of drug-likeness (QED) is 0.826. The molecule has 19 heavy (non-hydrogen) atoms. The highest BCUT2D eigenvalue weighted by molar-refractivity contribution is 7.99. The van der Waals surface area contributed by atoms with E-state index in [4.69, 9.17) is 0 Å². The maximum atomic E-state index is 12.9. The number of halogens is 1. The zero-order valence-electron chi connectivity index (χ0n) is 10.8. The molecule has 0 spiro atoms. The molecule has 2 aromatic carbocycles. The minimum absolute atomic E-state index is 0.182. The minimum Gasteiger partial charge on any atom is -0.374 e. The number of rotatable bonds is 3. The third kappa shape index (κ3) is 2.61. The fourth-order valence-corrected chi connectivity index (χ4v) is 3.75. The Morgan fingerprint density at radius 1 is 1.16 bits per heavy atom. The van der Waals surface area contributed by atoms with Crippen molar-refractivity contribution in [1.82, 2.24) is 0 Å². The Balaban J connectivity index is 1.74. The van der Waals surface area contributed by atoms with Crippen molar-refractivity contribution in [3.05, 3.63) is 59.9 Å². The summed E-state index contributed by atoms with van der Waals surface area (Å²) in [6.45, 7) is 0.968. The van der Waals surface area contributed by atoms with E-state index < -0.39 is 0 Å². The number of fused-ring (bicyclic) bond motifs is 1. The molecule has 0 saturated carbocycles. The highest BCUT2D eigenvalue weighted by Gasteiger charge is 2.23. The Kier molecular flexibility index (Phi) is 3.47. The van der Waals surface area contributed by atoms with E-state index in [-0.39, 0.29) is 5.82 Å². The van der Waals surface area contributed by atoms with Gasteiger partial charge >= 0.3 is 0 Å². The molecule has 0 fully saturated rings. The lowest BCUT2D eigenvalue weighted by molar-refractivity contribution is 0.627. The second kappa shape index (κ2) is 5.25. The Labute approximate surface area is 117 Å². The fourth-order valence-electron chi connectivity index (χ4n) is 2.51. The third-order valence-corrected chi connectivity index (χ3v) is 4.81. The van der Waals surface area contributed by atoms with Gasteiger partial charge in [0, 0.05) is 35.8 Å². The normalized spacial score (nSPS) is 17.3.